The van der Waals surface area contributed by atoms with Crippen LogP contribution in [0.25, 0.3) is 0 Å². The zero-order valence-electron chi connectivity index (χ0n) is 8.79. The number of carboxylic acid groups (broad SMARTS) is 1. The Kier molecular flexibility index (Phi) is 4.08. The van der Waals surface area contributed by atoms with Gasteiger partial charge in [0.25, 0.3) is 0 Å². The minimum atomic E-state index is -1.02. The highest BCUT2D eigenvalue weighted by molar-refractivity contribution is 6.00. The zero-order valence-corrected chi connectivity index (χ0v) is 8.79. The van der Waals surface area contributed by atoms with Crippen LogP contribution in [0.1, 0.15) is 12.6 Å². The van der Waals surface area contributed by atoms with Crippen molar-refractivity contribution in [1.29, 1.82) is 0 Å². The minimum Gasteiger partial charge on any atom is -0.478 e. The summed E-state index contributed by atoms with van der Waals surface area (Å²) in [5, 5.41) is 8.64. The quantitative estimate of drug-likeness (QED) is 0.473. The van der Waals surface area contributed by atoms with Crippen molar-refractivity contribution in [1.82, 2.24) is 4.98 Å². The van der Waals surface area contributed by atoms with E-state index in [2.05, 4.69) is 21.7 Å². The number of nitrogens with zero attached hydrogens (tertiary/aromatic N) is 3. The number of aromatic nitrogens is 1. The van der Waals surface area contributed by atoms with Crippen molar-refractivity contribution in [3.8, 4) is 0 Å². The largest absolute Gasteiger partial charge is 0.478 e. The van der Waals surface area contributed by atoms with Gasteiger partial charge in [-0.05, 0) is 25.8 Å². The van der Waals surface area contributed by atoms with Crippen LogP contribution in [0, 0.1) is 0 Å². The summed E-state index contributed by atoms with van der Waals surface area (Å²) in [5.74, 6) is -0.727. The first-order chi connectivity index (χ1) is 7.65. The fraction of sp³-hybridized carbons (Fsp3) is 0.0909. The lowest BCUT2D eigenvalue weighted by Crippen LogP contribution is -2.00. The monoisotopic (exact) mass is 217 g/mol. The molecule has 0 aliphatic carbocycles. The van der Waals surface area contributed by atoms with Crippen molar-refractivity contribution in [3.05, 3.63) is 41.9 Å². The fourth-order valence-corrected chi connectivity index (χ4v) is 0.896. The predicted octanol–water partition coefficient (Wildman–Crippen LogP) is 1.52. The Labute approximate surface area is 92.9 Å². The van der Waals surface area contributed by atoms with E-state index in [9.17, 15) is 4.79 Å². The van der Waals surface area contributed by atoms with E-state index in [4.69, 9.17) is 5.11 Å². The SMILES string of the molecule is C=NC(=NC=C(C)C(=O)O)c1ccccn1. The maximum Gasteiger partial charge on any atom is 0.332 e. The van der Waals surface area contributed by atoms with Gasteiger partial charge in [0.2, 0.25) is 0 Å². The summed E-state index contributed by atoms with van der Waals surface area (Å²) in [6, 6.07) is 5.27. The van der Waals surface area contributed by atoms with E-state index in [1.807, 2.05) is 0 Å². The molecular weight excluding hydrogens is 206 g/mol. The number of aliphatic carboxylic acids is 1. The molecule has 0 saturated heterocycles. The molecule has 1 aromatic heterocycles. The van der Waals surface area contributed by atoms with Crippen LogP contribution in [0.3, 0.4) is 0 Å². The molecule has 0 radical (unpaired) electrons. The van der Waals surface area contributed by atoms with Gasteiger partial charge in [-0.1, -0.05) is 6.07 Å². The lowest BCUT2D eigenvalue weighted by Gasteiger charge is -1.97. The molecule has 1 aromatic rings. The van der Waals surface area contributed by atoms with Crippen LogP contribution >= 0.6 is 0 Å². The molecule has 0 fully saturated rings. The summed E-state index contributed by atoms with van der Waals surface area (Å²) in [6.45, 7) is 4.81. The molecule has 1 heterocycles. The third-order valence-electron chi connectivity index (χ3n) is 1.76. The smallest absolute Gasteiger partial charge is 0.332 e. The normalized spacial score (nSPS) is 12.3. The first-order valence-electron chi connectivity index (χ1n) is 4.51. The number of carboxylic acids is 1. The maximum absolute atomic E-state index is 10.5. The average Bonchev–Trinajstić information content (AvgIpc) is 2.30. The van der Waals surface area contributed by atoms with Gasteiger partial charge in [0.05, 0.1) is 5.57 Å². The Morgan fingerprint density at radius 3 is 2.81 bits per heavy atom. The molecule has 1 N–H and O–H groups in total. The van der Waals surface area contributed by atoms with Gasteiger partial charge < -0.3 is 5.11 Å². The Hall–Kier alpha value is -2.30. The first-order valence-corrected chi connectivity index (χ1v) is 4.51. The van der Waals surface area contributed by atoms with Crippen molar-refractivity contribution in [2.75, 3.05) is 0 Å². The lowest BCUT2D eigenvalue weighted by molar-refractivity contribution is -0.132. The highest BCUT2D eigenvalue weighted by Crippen LogP contribution is 2.00. The standard InChI is InChI=1S/C11H11N3O2/c1-8(11(15)16)7-14-10(12-2)9-5-3-4-6-13-9/h3-7H,2H2,1H3,(H,15,16). The molecule has 0 aromatic carbocycles. The Bertz CT molecular complexity index is 450. The second-order valence-electron chi connectivity index (χ2n) is 2.94. The molecule has 1 rings (SSSR count). The van der Waals surface area contributed by atoms with E-state index >= 15 is 0 Å². The van der Waals surface area contributed by atoms with Gasteiger partial charge >= 0.3 is 5.97 Å². The van der Waals surface area contributed by atoms with Crippen molar-refractivity contribution in [2.45, 2.75) is 6.92 Å². The number of carbonyl (C=O) groups is 1. The van der Waals surface area contributed by atoms with Gasteiger partial charge in [-0.3, -0.25) is 4.98 Å². The van der Waals surface area contributed by atoms with E-state index in [0.29, 0.717) is 11.5 Å². The van der Waals surface area contributed by atoms with Crippen LogP contribution in [0.5, 0.6) is 0 Å². The molecule has 0 aliphatic rings. The highest BCUT2D eigenvalue weighted by Gasteiger charge is 2.01. The van der Waals surface area contributed by atoms with E-state index in [1.54, 1.807) is 24.4 Å². The predicted molar refractivity (Wildman–Crippen MR) is 61.7 cm³/mol. The summed E-state index contributed by atoms with van der Waals surface area (Å²) in [4.78, 5) is 22.2. The number of hydrogen-bond acceptors (Lipinski definition) is 3. The molecule has 5 heteroatoms. The maximum atomic E-state index is 10.5. The molecule has 16 heavy (non-hydrogen) atoms. The van der Waals surface area contributed by atoms with E-state index in [0.717, 1.165) is 0 Å². The molecule has 0 atom stereocenters. The third kappa shape index (κ3) is 3.13. The van der Waals surface area contributed by atoms with Crippen molar-refractivity contribution in [3.63, 3.8) is 0 Å². The van der Waals surface area contributed by atoms with Crippen LogP contribution < -0.4 is 0 Å². The molecule has 0 bridgehead atoms. The number of amidine groups is 1. The second-order valence-corrected chi connectivity index (χ2v) is 2.94. The van der Waals surface area contributed by atoms with Gasteiger partial charge in [0, 0.05) is 12.4 Å². The Morgan fingerprint density at radius 2 is 2.31 bits per heavy atom. The number of rotatable bonds is 3. The molecule has 0 unspecified atom stereocenters. The molecule has 0 saturated carbocycles. The molecule has 0 spiro atoms. The minimum absolute atomic E-state index is 0.122. The van der Waals surface area contributed by atoms with Crippen molar-refractivity contribution >= 4 is 18.5 Å². The van der Waals surface area contributed by atoms with Crippen LogP contribution in [0.15, 0.2) is 46.2 Å². The average molecular weight is 217 g/mol. The molecule has 5 nitrogen and oxygen atoms in total. The van der Waals surface area contributed by atoms with Crippen LogP contribution in [0.2, 0.25) is 0 Å². The molecule has 82 valence electrons. The van der Waals surface area contributed by atoms with Crippen LogP contribution in [-0.2, 0) is 4.79 Å². The first kappa shape index (κ1) is 11.8. The number of pyridine rings is 1. The van der Waals surface area contributed by atoms with E-state index < -0.39 is 5.97 Å². The van der Waals surface area contributed by atoms with E-state index in [1.165, 1.54) is 13.1 Å². The van der Waals surface area contributed by atoms with E-state index in [-0.39, 0.29) is 5.57 Å². The van der Waals surface area contributed by atoms with Crippen LogP contribution in [-0.4, -0.2) is 28.6 Å². The van der Waals surface area contributed by atoms with Gasteiger partial charge in [-0.2, -0.15) is 0 Å². The summed E-state index contributed by atoms with van der Waals surface area (Å²) in [6.07, 6.45) is 2.82. The van der Waals surface area contributed by atoms with Gasteiger partial charge in [-0.25, -0.2) is 14.8 Å². The van der Waals surface area contributed by atoms with Crippen molar-refractivity contribution in [2.24, 2.45) is 9.98 Å². The van der Waals surface area contributed by atoms with Gasteiger partial charge in [0.1, 0.15) is 5.69 Å². The Balaban J connectivity index is 3.00. The lowest BCUT2D eigenvalue weighted by atomic mass is 10.3. The molecule has 0 amide bonds. The number of hydrogen-bond donors (Lipinski definition) is 1. The van der Waals surface area contributed by atoms with Crippen molar-refractivity contribution < 1.29 is 9.90 Å². The summed E-state index contributed by atoms with van der Waals surface area (Å²) < 4.78 is 0. The third-order valence-corrected chi connectivity index (χ3v) is 1.76. The second kappa shape index (κ2) is 5.55. The van der Waals surface area contributed by atoms with Gasteiger partial charge in [0.15, 0.2) is 5.84 Å². The summed E-state index contributed by atoms with van der Waals surface area (Å²) in [7, 11) is 0. The fourth-order valence-electron chi connectivity index (χ4n) is 0.896. The van der Waals surface area contributed by atoms with Gasteiger partial charge in [-0.15, -0.1) is 0 Å². The van der Waals surface area contributed by atoms with Crippen LogP contribution in [0.4, 0.5) is 0 Å². The number of aliphatic imine (C=N–C) groups is 2. The topological polar surface area (TPSA) is 74.9 Å². The molecule has 0 aliphatic heterocycles. The Morgan fingerprint density at radius 1 is 1.56 bits per heavy atom. The summed E-state index contributed by atoms with van der Waals surface area (Å²) >= 11 is 0. The highest BCUT2D eigenvalue weighted by atomic mass is 16.4. The molecular formula is C11H11N3O2. The zero-order chi connectivity index (χ0) is 12.0. The summed E-state index contributed by atoms with van der Waals surface area (Å²) in [5.41, 5.74) is 0.670.